The lowest BCUT2D eigenvalue weighted by molar-refractivity contribution is -0.152. The molecule has 2 aliphatic rings. The summed E-state index contributed by atoms with van der Waals surface area (Å²) in [5, 5.41) is 4.18. The van der Waals surface area contributed by atoms with Gasteiger partial charge in [0.25, 0.3) is 0 Å². The molecule has 7 nitrogen and oxygen atoms in total. The van der Waals surface area contributed by atoms with Gasteiger partial charge in [0.15, 0.2) is 6.04 Å². The van der Waals surface area contributed by atoms with E-state index in [1.807, 2.05) is 65.2 Å². The van der Waals surface area contributed by atoms with Gasteiger partial charge < -0.3 is 19.5 Å². The Morgan fingerprint density at radius 1 is 1.00 bits per heavy atom. The standard InChI is InChI=1S/C29H33N3O4/c1-2-36-26(33)18-25-29(35)31(19-20-11-5-3-6-12-20)27(28(34)30-22-14-7-4-8-15-22)24-17-21-13-9-10-16-23(21)32(24)25/h3,5-6,9-13,16-17,22,25,27H,2,4,7-8,14-15,18-19H2,1H3,(H,30,34). The van der Waals surface area contributed by atoms with Crippen molar-refractivity contribution in [1.29, 1.82) is 0 Å². The van der Waals surface area contributed by atoms with Crippen LogP contribution in [0.1, 0.15) is 68.8 Å². The summed E-state index contributed by atoms with van der Waals surface area (Å²) in [5.41, 5.74) is 2.50. The Hall–Kier alpha value is -3.61. The third-order valence-corrected chi connectivity index (χ3v) is 7.31. The molecule has 1 saturated carbocycles. The van der Waals surface area contributed by atoms with Gasteiger partial charge in [-0.15, -0.1) is 0 Å². The van der Waals surface area contributed by atoms with Crippen LogP contribution < -0.4 is 5.32 Å². The van der Waals surface area contributed by atoms with Crippen LogP contribution in [0.15, 0.2) is 60.7 Å². The Bertz CT molecular complexity index is 1250. The lowest BCUT2D eigenvalue weighted by Gasteiger charge is -2.40. The number of carbonyl (C=O) groups excluding carboxylic acids is 3. The highest BCUT2D eigenvalue weighted by Crippen LogP contribution is 2.40. The summed E-state index contributed by atoms with van der Waals surface area (Å²) in [6, 6.07) is 18.0. The molecule has 1 fully saturated rings. The molecule has 1 aliphatic carbocycles. The summed E-state index contributed by atoms with van der Waals surface area (Å²) in [4.78, 5) is 42.2. The van der Waals surface area contributed by atoms with E-state index in [1.54, 1.807) is 11.8 Å². The van der Waals surface area contributed by atoms with Crippen molar-refractivity contribution in [3.05, 3.63) is 71.9 Å². The minimum atomic E-state index is -0.787. The van der Waals surface area contributed by atoms with Crippen LogP contribution in [0.5, 0.6) is 0 Å². The molecule has 2 atom stereocenters. The average Bonchev–Trinajstić information content (AvgIpc) is 3.27. The minimum absolute atomic E-state index is 0.0827. The highest BCUT2D eigenvalue weighted by atomic mass is 16.5. The fourth-order valence-electron chi connectivity index (χ4n) is 5.65. The van der Waals surface area contributed by atoms with Crippen molar-refractivity contribution in [2.45, 2.75) is 70.1 Å². The molecule has 2 unspecified atom stereocenters. The zero-order valence-corrected chi connectivity index (χ0v) is 20.7. The molecule has 2 heterocycles. The van der Waals surface area contributed by atoms with Gasteiger partial charge in [-0.1, -0.05) is 67.8 Å². The number of nitrogens with zero attached hydrogens (tertiary/aromatic N) is 2. The first kappa shape index (κ1) is 24.1. The fraction of sp³-hybridized carbons (Fsp3) is 0.414. The van der Waals surface area contributed by atoms with Gasteiger partial charge in [-0.3, -0.25) is 14.4 Å². The van der Waals surface area contributed by atoms with Crippen LogP contribution in [0.25, 0.3) is 10.9 Å². The van der Waals surface area contributed by atoms with Gasteiger partial charge in [0, 0.05) is 18.1 Å². The van der Waals surface area contributed by atoms with E-state index in [1.165, 1.54) is 6.42 Å². The second-order valence-electron chi connectivity index (χ2n) is 9.72. The number of nitrogens with one attached hydrogen (secondary N) is 1. The number of esters is 1. The SMILES string of the molecule is CCOC(=O)CC1C(=O)N(Cc2ccccc2)C(C(=O)NC2CCCCC2)c2cc3ccccc3n21. The maximum absolute atomic E-state index is 14.1. The van der Waals surface area contributed by atoms with Crippen molar-refractivity contribution in [3.8, 4) is 0 Å². The Morgan fingerprint density at radius 3 is 2.47 bits per heavy atom. The Kier molecular flexibility index (Phi) is 7.07. The van der Waals surface area contributed by atoms with Crippen molar-refractivity contribution in [1.82, 2.24) is 14.8 Å². The summed E-state index contributed by atoms with van der Waals surface area (Å²) < 4.78 is 7.11. The van der Waals surface area contributed by atoms with Crippen LogP contribution in [0.4, 0.5) is 0 Å². The van der Waals surface area contributed by atoms with Gasteiger partial charge in [-0.25, -0.2) is 0 Å². The van der Waals surface area contributed by atoms with Gasteiger partial charge in [0.2, 0.25) is 11.8 Å². The van der Waals surface area contributed by atoms with Crippen molar-refractivity contribution >= 4 is 28.7 Å². The van der Waals surface area contributed by atoms with Gasteiger partial charge in [-0.2, -0.15) is 0 Å². The van der Waals surface area contributed by atoms with E-state index in [0.29, 0.717) is 0 Å². The minimum Gasteiger partial charge on any atom is -0.466 e. The molecular formula is C29H33N3O4. The molecule has 7 heteroatoms. The quantitative estimate of drug-likeness (QED) is 0.491. The number of amides is 2. The van der Waals surface area contributed by atoms with Crippen LogP contribution in [0.3, 0.4) is 0 Å². The number of rotatable bonds is 7. The number of para-hydroxylation sites is 1. The molecule has 1 N–H and O–H groups in total. The molecule has 1 aliphatic heterocycles. The second-order valence-corrected chi connectivity index (χ2v) is 9.72. The van der Waals surface area contributed by atoms with E-state index in [2.05, 4.69) is 5.32 Å². The number of hydrogen-bond donors (Lipinski definition) is 1. The van der Waals surface area contributed by atoms with Crippen molar-refractivity contribution in [3.63, 3.8) is 0 Å². The smallest absolute Gasteiger partial charge is 0.308 e. The summed E-state index contributed by atoms with van der Waals surface area (Å²) in [5.74, 6) is -0.835. The molecule has 1 aromatic heterocycles. The molecule has 0 saturated heterocycles. The third-order valence-electron chi connectivity index (χ3n) is 7.31. The van der Waals surface area contributed by atoms with Crippen LogP contribution in [0.2, 0.25) is 0 Å². The molecule has 36 heavy (non-hydrogen) atoms. The zero-order chi connectivity index (χ0) is 25.1. The van der Waals surface area contributed by atoms with E-state index in [9.17, 15) is 14.4 Å². The van der Waals surface area contributed by atoms with Crippen molar-refractivity contribution < 1.29 is 19.1 Å². The zero-order valence-electron chi connectivity index (χ0n) is 20.7. The number of fused-ring (bicyclic) bond motifs is 3. The molecule has 0 bridgehead atoms. The maximum atomic E-state index is 14.1. The van der Waals surface area contributed by atoms with E-state index < -0.39 is 18.1 Å². The first-order valence-corrected chi connectivity index (χ1v) is 13.0. The van der Waals surface area contributed by atoms with Gasteiger partial charge in [0.05, 0.1) is 18.7 Å². The van der Waals surface area contributed by atoms with E-state index >= 15 is 0 Å². The average molecular weight is 488 g/mol. The number of carbonyl (C=O) groups is 3. The summed E-state index contributed by atoms with van der Waals surface area (Å²) in [7, 11) is 0. The number of benzene rings is 2. The normalized spacial score (nSPS) is 20.2. The Labute approximate surface area is 211 Å². The number of aromatic nitrogens is 1. The summed E-state index contributed by atoms with van der Waals surface area (Å²) >= 11 is 0. The van der Waals surface area contributed by atoms with Crippen LogP contribution in [-0.2, 0) is 25.7 Å². The van der Waals surface area contributed by atoms with Gasteiger partial charge in [-0.05, 0) is 42.8 Å². The topological polar surface area (TPSA) is 80.6 Å². The summed E-state index contributed by atoms with van der Waals surface area (Å²) in [6.07, 6.45) is 5.23. The summed E-state index contributed by atoms with van der Waals surface area (Å²) in [6.45, 7) is 2.28. The third kappa shape index (κ3) is 4.74. The molecule has 5 rings (SSSR count). The Morgan fingerprint density at radius 2 is 1.72 bits per heavy atom. The predicted octanol–water partition coefficient (Wildman–Crippen LogP) is 4.67. The lowest BCUT2D eigenvalue weighted by Crippen LogP contribution is -2.52. The van der Waals surface area contributed by atoms with Crippen LogP contribution in [-0.4, -0.2) is 39.9 Å². The number of ether oxygens (including phenoxy) is 1. The van der Waals surface area contributed by atoms with Gasteiger partial charge >= 0.3 is 5.97 Å². The molecular weight excluding hydrogens is 454 g/mol. The largest absolute Gasteiger partial charge is 0.466 e. The van der Waals surface area contributed by atoms with E-state index in [-0.39, 0.29) is 37.4 Å². The first-order valence-electron chi connectivity index (χ1n) is 13.0. The molecule has 0 radical (unpaired) electrons. The monoisotopic (exact) mass is 487 g/mol. The van der Waals surface area contributed by atoms with Crippen LogP contribution >= 0.6 is 0 Å². The second kappa shape index (κ2) is 10.6. The van der Waals surface area contributed by atoms with E-state index in [0.717, 1.165) is 47.8 Å². The molecule has 188 valence electrons. The Balaban J connectivity index is 1.60. The fourth-order valence-corrected chi connectivity index (χ4v) is 5.65. The van der Waals surface area contributed by atoms with Gasteiger partial charge in [0.1, 0.15) is 6.04 Å². The predicted molar refractivity (Wildman–Crippen MR) is 137 cm³/mol. The lowest BCUT2D eigenvalue weighted by atomic mass is 9.94. The highest BCUT2D eigenvalue weighted by Gasteiger charge is 2.45. The maximum Gasteiger partial charge on any atom is 0.308 e. The first-order chi connectivity index (χ1) is 17.6. The van der Waals surface area contributed by atoms with Crippen molar-refractivity contribution in [2.24, 2.45) is 0 Å². The molecule has 0 spiro atoms. The highest BCUT2D eigenvalue weighted by molar-refractivity contribution is 5.97. The molecule has 2 amide bonds. The van der Waals surface area contributed by atoms with Crippen LogP contribution in [0, 0.1) is 0 Å². The van der Waals surface area contributed by atoms with E-state index in [4.69, 9.17) is 4.74 Å². The number of hydrogen-bond acceptors (Lipinski definition) is 4. The molecule has 2 aromatic carbocycles. The molecule has 3 aromatic rings. The van der Waals surface area contributed by atoms with Crippen molar-refractivity contribution in [2.75, 3.05) is 6.61 Å².